The minimum atomic E-state index is -3.63. The second kappa shape index (κ2) is 9.16. The molecule has 1 heterocycles. The lowest BCUT2D eigenvalue weighted by Crippen LogP contribution is -2.43. The molecule has 9 nitrogen and oxygen atoms in total. The van der Waals surface area contributed by atoms with Gasteiger partial charge in [-0.2, -0.15) is 4.31 Å². The Morgan fingerprint density at radius 1 is 1.18 bits per heavy atom. The minimum Gasteiger partial charge on any atom is -0.449 e. The van der Waals surface area contributed by atoms with E-state index in [2.05, 4.69) is 5.32 Å². The van der Waals surface area contributed by atoms with Gasteiger partial charge in [0.1, 0.15) is 0 Å². The summed E-state index contributed by atoms with van der Waals surface area (Å²) in [5, 5.41) is 4.22. The van der Waals surface area contributed by atoms with Gasteiger partial charge in [-0.1, -0.05) is 6.42 Å². The van der Waals surface area contributed by atoms with Crippen LogP contribution in [0, 0.1) is 0 Å². The van der Waals surface area contributed by atoms with Crippen LogP contribution < -0.4 is 10.6 Å². The molecule has 1 aliphatic heterocycles. The lowest BCUT2D eigenvalue weighted by atomic mass is 10.1. The van der Waals surface area contributed by atoms with E-state index < -0.39 is 34.0 Å². The molecule has 0 unspecified atom stereocenters. The average molecular weight is 411 g/mol. The number of nitrogens with one attached hydrogen (secondary N) is 2. The number of sulfonamides is 1. The molecule has 0 radical (unpaired) electrons. The Kier molecular flexibility index (Phi) is 7.14. The van der Waals surface area contributed by atoms with Crippen molar-refractivity contribution in [3.8, 4) is 0 Å². The maximum absolute atomic E-state index is 12.8. The van der Waals surface area contributed by atoms with Gasteiger partial charge in [-0.25, -0.2) is 18.0 Å². The molecule has 2 rings (SSSR count). The second-order valence-corrected chi connectivity index (χ2v) is 8.49. The third-order valence-corrected chi connectivity index (χ3v) is 6.58. The lowest BCUT2D eigenvalue weighted by molar-refractivity contribution is -0.127. The van der Waals surface area contributed by atoms with E-state index >= 15 is 0 Å². The predicted molar refractivity (Wildman–Crippen MR) is 101 cm³/mol. The van der Waals surface area contributed by atoms with Crippen molar-refractivity contribution in [3.05, 3.63) is 29.8 Å². The van der Waals surface area contributed by atoms with Gasteiger partial charge in [0.05, 0.1) is 10.5 Å². The highest BCUT2D eigenvalue weighted by atomic mass is 32.2. The van der Waals surface area contributed by atoms with Crippen LogP contribution in [0.4, 0.5) is 4.79 Å². The molecular formula is C18H25N3O6S. The molecule has 1 aliphatic rings. The van der Waals surface area contributed by atoms with Gasteiger partial charge < -0.3 is 10.1 Å². The summed E-state index contributed by atoms with van der Waals surface area (Å²) < 4.78 is 32.1. The molecule has 0 aromatic heterocycles. The van der Waals surface area contributed by atoms with E-state index in [4.69, 9.17) is 4.74 Å². The number of piperidine rings is 1. The molecule has 0 spiro atoms. The smallest absolute Gasteiger partial charge is 0.338 e. The molecule has 10 heteroatoms. The largest absolute Gasteiger partial charge is 0.449 e. The fraction of sp³-hybridized carbons (Fsp3) is 0.500. The summed E-state index contributed by atoms with van der Waals surface area (Å²) in [5.74, 6) is -1.57. The number of benzene rings is 1. The minimum absolute atomic E-state index is 0.0666. The first kappa shape index (κ1) is 21.8. The number of ether oxygens (including phenoxy) is 1. The first-order chi connectivity index (χ1) is 13.2. The lowest BCUT2D eigenvalue weighted by Gasteiger charge is -2.32. The number of nitrogens with zero attached hydrogens (tertiary/aromatic N) is 1. The van der Waals surface area contributed by atoms with Gasteiger partial charge in [0, 0.05) is 19.6 Å². The highest BCUT2D eigenvalue weighted by Gasteiger charge is 2.31. The quantitative estimate of drug-likeness (QED) is 0.703. The van der Waals surface area contributed by atoms with E-state index in [0.29, 0.717) is 6.54 Å². The average Bonchev–Trinajstić information content (AvgIpc) is 2.67. The van der Waals surface area contributed by atoms with Crippen LogP contribution in [0.5, 0.6) is 0 Å². The Labute approximate surface area is 164 Å². The van der Waals surface area contributed by atoms with Crippen molar-refractivity contribution in [3.63, 3.8) is 0 Å². The van der Waals surface area contributed by atoms with Gasteiger partial charge in [0.2, 0.25) is 10.0 Å². The van der Waals surface area contributed by atoms with Crippen LogP contribution in [-0.4, -0.2) is 56.4 Å². The number of hydrogen-bond acceptors (Lipinski definition) is 6. The monoisotopic (exact) mass is 411 g/mol. The molecule has 0 saturated carbocycles. The van der Waals surface area contributed by atoms with Crippen LogP contribution in [0.3, 0.4) is 0 Å². The Bertz CT molecular complexity index is 837. The SMILES string of the molecule is CNC(=O)NC(=O)[C@H](C)OC(=O)c1ccc(S(=O)(=O)N2CCCC[C@@H]2C)cc1. The normalized spacial score (nSPS) is 18.8. The molecule has 28 heavy (non-hydrogen) atoms. The summed E-state index contributed by atoms with van der Waals surface area (Å²) in [6.07, 6.45) is 1.45. The van der Waals surface area contributed by atoms with Gasteiger partial charge in [-0.15, -0.1) is 0 Å². The predicted octanol–water partition coefficient (Wildman–Crippen LogP) is 1.25. The maximum Gasteiger partial charge on any atom is 0.338 e. The third kappa shape index (κ3) is 5.08. The fourth-order valence-electron chi connectivity index (χ4n) is 2.89. The number of carbonyl (C=O) groups is 3. The highest BCUT2D eigenvalue weighted by Crippen LogP contribution is 2.25. The second-order valence-electron chi connectivity index (χ2n) is 6.60. The number of imide groups is 1. The van der Waals surface area contributed by atoms with E-state index in [0.717, 1.165) is 19.3 Å². The number of urea groups is 1. The van der Waals surface area contributed by atoms with Gasteiger partial charge in [0.25, 0.3) is 5.91 Å². The topological polar surface area (TPSA) is 122 Å². The van der Waals surface area contributed by atoms with Crippen LogP contribution in [0.1, 0.15) is 43.5 Å². The summed E-state index contributed by atoms with van der Waals surface area (Å²) in [5.41, 5.74) is 0.102. The molecular weight excluding hydrogens is 386 g/mol. The van der Waals surface area contributed by atoms with Crippen LogP contribution in [0.2, 0.25) is 0 Å². The zero-order chi connectivity index (χ0) is 20.9. The summed E-state index contributed by atoms with van der Waals surface area (Å²) in [6.45, 7) is 3.69. The summed E-state index contributed by atoms with van der Waals surface area (Å²) in [4.78, 5) is 35.1. The first-order valence-corrected chi connectivity index (χ1v) is 10.5. The van der Waals surface area contributed by atoms with Crippen LogP contribution in [0.15, 0.2) is 29.2 Å². The Morgan fingerprint density at radius 2 is 1.82 bits per heavy atom. The van der Waals surface area contributed by atoms with E-state index in [1.807, 2.05) is 12.2 Å². The molecule has 1 saturated heterocycles. The molecule has 0 bridgehead atoms. The number of rotatable bonds is 5. The van der Waals surface area contributed by atoms with Crippen molar-refractivity contribution in [2.45, 2.75) is 50.2 Å². The summed E-state index contributed by atoms with van der Waals surface area (Å²) in [6, 6.07) is 4.60. The standard InChI is InChI=1S/C18H25N3O6S/c1-12-6-4-5-11-21(12)28(25,26)15-9-7-14(8-10-15)17(23)27-13(2)16(22)20-18(24)19-3/h7-10,12-13H,4-6,11H2,1-3H3,(H2,19,20,22,24)/t12-,13-/m0/s1. The van der Waals surface area contributed by atoms with E-state index in [9.17, 15) is 22.8 Å². The van der Waals surface area contributed by atoms with Gasteiger partial charge in [0.15, 0.2) is 6.10 Å². The highest BCUT2D eigenvalue weighted by molar-refractivity contribution is 7.89. The fourth-order valence-corrected chi connectivity index (χ4v) is 4.58. The zero-order valence-corrected chi connectivity index (χ0v) is 16.9. The van der Waals surface area contributed by atoms with Crippen molar-refractivity contribution >= 4 is 27.9 Å². The van der Waals surface area contributed by atoms with Crippen LogP contribution >= 0.6 is 0 Å². The molecule has 0 aliphatic carbocycles. The Morgan fingerprint density at radius 3 is 2.39 bits per heavy atom. The Balaban J connectivity index is 2.06. The number of amides is 3. The summed E-state index contributed by atoms with van der Waals surface area (Å²) >= 11 is 0. The van der Waals surface area contributed by atoms with Gasteiger partial charge in [-0.3, -0.25) is 10.1 Å². The van der Waals surface area contributed by atoms with E-state index in [-0.39, 0.29) is 16.5 Å². The third-order valence-electron chi connectivity index (χ3n) is 4.56. The van der Waals surface area contributed by atoms with Crippen LogP contribution in [0.25, 0.3) is 0 Å². The van der Waals surface area contributed by atoms with Crippen molar-refractivity contribution < 1.29 is 27.5 Å². The molecule has 3 amide bonds. The van der Waals surface area contributed by atoms with Gasteiger partial charge >= 0.3 is 12.0 Å². The molecule has 154 valence electrons. The molecule has 2 N–H and O–H groups in total. The van der Waals surface area contributed by atoms with Crippen molar-refractivity contribution in [2.75, 3.05) is 13.6 Å². The molecule has 2 atom stereocenters. The van der Waals surface area contributed by atoms with E-state index in [1.54, 1.807) is 0 Å². The number of carbonyl (C=O) groups excluding carboxylic acids is 3. The molecule has 1 aromatic carbocycles. The zero-order valence-electron chi connectivity index (χ0n) is 16.1. The molecule has 1 fully saturated rings. The molecule has 1 aromatic rings. The summed E-state index contributed by atoms with van der Waals surface area (Å²) in [7, 11) is -2.29. The maximum atomic E-state index is 12.8. The van der Waals surface area contributed by atoms with Gasteiger partial charge in [-0.05, 0) is 51.0 Å². The van der Waals surface area contributed by atoms with Crippen LogP contribution in [-0.2, 0) is 19.6 Å². The first-order valence-electron chi connectivity index (χ1n) is 9.02. The number of hydrogen-bond donors (Lipinski definition) is 2. The Hall–Kier alpha value is -2.46. The number of esters is 1. The van der Waals surface area contributed by atoms with Crippen molar-refractivity contribution in [2.24, 2.45) is 0 Å². The van der Waals surface area contributed by atoms with Crippen molar-refractivity contribution in [1.29, 1.82) is 0 Å². The van der Waals surface area contributed by atoms with E-state index in [1.165, 1.54) is 42.5 Å². The van der Waals surface area contributed by atoms with Crippen molar-refractivity contribution in [1.82, 2.24) is 14.9 Å².